The molecule has 1 atom stereocenters. The monoisotopic (exact) mass is 467 g/mol. The van der Waals surface area contributed by atoms with Gasteiger partial charge < -0.3 is 0 Å². The van der Waals surface area contributed by atoms with Gasteiger partial charge in [-0.3, -0.25) is 19.7 Å². The van der Waals surface area contributed by atoms with Gasteiger partial charge in [0.1, 0.15) is 16.7 Å². The molecule has 0 aliphatic heterocycles. The minimum Gasteiger partial charge on any atom is -0.271 e. The lowest BCUT2D eigenvalue weighted by Crippen LogP contribution is -2.39. The predicted molar refractivity (Wildman–Crippen MR) is 116 cm³/mol. The number of alkyl halides is 3. The van der Waals surface area contributed by atoms with Gasteiger partial charge in [-0.2, -0.15) is 18.3 Å². The number of aryl methyl sites for hydroxylation is 4. The molecule has 11 heteroatoms. The number of aromatic nitrogens is 4. The molecule has 4 rings (SSSR count). The van der Waals surface area contributed by atoms with Crippen LogP contribution in [0.3, 0.4) is 0 Å². The highest BCUT2D eigenvalue weighted by Gasteiger charge is 2.35. The van der Waals surface area contributed by atoms with E-state index in [1.165, 1.54) is 36.5 Å². The number of carbonyl (C=O) groups excluding carboxylic acids is 1. The first-order valence-corrected chi connectivity index (χ1v) is 11.4. The molecule has 3 heterocycles. The number of rotatable bonds is 3. The van der Waals surface area contributed by atoms with Gasteiger partial charge in [0.15, 0.2) is 5.69 Å². The SMILES string of the molecule is Cc1cc(C(F)(F)F)nn1[C@@H](C)C(=O)Nn1c(C)nc2sc3c(c2c1=O)CCCCCC3. The zero-order chi connectivity index (χ0) is 23.2. The van der Waals surface area contributed by atoms with Crippen molar-refractivity contribution in [1.82, 2.24) is 19.4 Å². The molecule has 172 valence electrons. The molecule has 0 saturated carbocycles. The number of nitrogens with zero attached hydrogens (tertiary/aromatic N) is 4. The predicted octanol–water partition coefficient (Wildman–Crippen LogP) is 4.28. The van der Waals surface area contributed by atoms with Crippen LogP contribution in [0.2, 0.25) is 0 Å². The Morgan fingerprint density at radius 2 is 1.88 bits per heavy atom. The third-order valence-electron chi connectivity index (χ3n) is 5.84. The summed E-state index contributed by atoms with van der Waals surface area (Å²) in [6, 6.07) is -0.172. The number of amides is 1. The quantitative estimate of drug-likeness (QED) is 0.623. The minimum absolute atomic E-state index is 0.192. The summed E-state index contributed by atoms with van der Waals surface area (Å²) in [7, 11) is 0. The Morgan fingerprint density at radius 3 is 2.53 bits per heavy atom. The Bertz CT molecular complexity index is 1240. The van der Waals surface area contributed by atoms with Gasteiger partial charge in [0, 0.05) is 10.6 Å². The maximum absolute atomic E-state index is 13.3. The minimum atomic E-state index is -4.61. The largest absolute Gasteiger partial charge is 0.435 e. The fourth-order valence-electron chi connectivity index (χ4n) is 4.12. The fraction of sp³-hybridized carbons (Fsp3) is 0.524. The van der Waals surface area contributed by atoms with Crippen molar-refractivity contribution >= 4 is 27.5 Å². The molecule has 0 spiro atoms. The van der Waals surface area contributed by atoms with Gasteiger partial charge in [-0.15, -0.1) is 11.3 Å². The molecular weight excluding hydrogens is 443 g/mol. The molecule has 0 bridgehead atoms. The van der Waals surface area contributed by atoms with Crippen molar-refractivity contribution in [2.45, 2.75) is 71.5 Å². The van der Waals surface area contributed by atoms with E-state index in [0.717, 1.165) is 53.1 Å². The lowest BCUT2D eigenvalue weighted by Gasteiger charge is -2.17. The first kappa shape index (κ1) is 22.5. The van der Waals surface area contributed by atoms with Crippen LogP contribution in [0.4, 0.5) is 13.2 Å². The lowest BCUT2D eigenvalue weighted by molar-refractivity contribution is -0.141. The van der Waals surface area contributed by atoms with Crippen LogP contribution in [0.1, 0.15) is 66.3 Å². The van der Waals surface area contributed by atoms with Gasteiger partial charge in [-0.1, -0.05) is 12.8 Å². The summed E-state index contributed by atoms with van der Waals surface area (Å²) in [4.78, 5) is 32.5. The Morgan fingerprint density at radius 1 is 1.19 bits per heavy atom. The fourth-order valence-corrected chi connectivity index (χ4v) is 5.42. The zero-order valence-corrected chi connectivity index (χ0v) is 18.9. The summed E-state index contributed by atoms with van der Waals surface area (Å²) >= 11 is 1.53. The van der Waals surface area contributed by atoms with Crippen LogP contribution in [0.15, 0.2) is 10.9 Å². The topological polar surface area (TPSA) is 81.8 Å². The summed E-state index contributed by atoms with van der Waals surface area (Å²) in [6.07, 6.45) is 1.46. The van der Waals surface area contributed by atoms with E-state index in [0.29, 0.717) is 16.0 Å². The van der Waals surface area contributed by atoms with E-state index in [-0.39, 0.29) is 11.3 Å². The summed E-state index contributed by atoms with van der Waals surface area (Å²) in [5.41, 5.74) is 2.31. The van der Waals surface area contributed by atoms with Gasteiger partial charge in [0.25, 0.3) is 11.5 Å². The van der Waals surface area contributed by atoms with Crippen LogP contribution < -0.4 is 11.0 Å². The number of thiophene rings is 1. The molecule has 1 aliphatic rings. The molecule has 1 N–H and O–H groups in total. The van der Waals surface area contributed by atoms with Gasteiger partial charge >= 0.3 is 6.18 Å². The molecule has 0 radical (unpaired) electrons. The number of hydrogen-bond donors (Lipinski definition) is 1. The molecule has 1 aliphatic carbocycles. The first-order valence-electron chi connectivity index (χ1n) is 10.6. The highest BCUT2D eigenvalue weighted by Crippen LogP contribution is 2.33. The van der Waals surface area contributed by atoms with Gasteiger partial charge in [0.2, 0.25) is 0 Å². The van der Waals surface area contributed by atoms with Crippen LogP contribution in [0.25, 0.3) is 10.2 Å². The molecule has 7 nitrogen and oxygen atoms in total. The van der Waals surface area contributed by atoms with Crippen molar-refractivity contribution in [2.75, 3.05) is 5.43 Å². The number of fused-ring (bicyclic) bond motifs is 3. The number of carbonyl (C=O) groups is 1. The average molecular weight is 468 g/mol. The lowest BCUT2D eigenvalue weighted by atomic mass is 9.98. The van der Waals surface area contributed by atoms with Crippen LogP contribution in [-0.2, 0) is 23.8 Å². The highest BCUT2D eigenvalue weighted by molar-refractivity contribution is 7.18. The van der Waals surface area contributed by atoms with Crippen molar-refractivity contribution < 1.29 is 18.0 Å². The van der Waals surface area contributed by atoms with Crippen molar-refractivity contribution in [2.24, 2.45) is 0 Å². The Labute approximate surface area is 186 Å². The van der Waals surface area contributed by atoms with Gasteiger partial charge in [-0.25, -0.2) is 9.66 Å². The second-order valence-electron chi connectivity index (χ2n) is 8.16. The Balaban J connectivity index is 1.68. The summed E-state index contributed by atoms with van der Waals surface area (Å²) in [5.74, 6) is -0.347. The Kier molecular flexibility index (Phi) is 5.87. The molecule has 0 saturated heterocycles. The van der Waals surface area contributed by atoms with E-state index in [4.69, 9.17) is 0 Å². The average Bonchev–Trinajstić information content (AvgIpc) is 3.24. The molecule has 0 fully saturated rings. The molecule has 3 aromatic rings. The van der Waals surface area contributed by atoms with Crippen molar-refractivity contribution in [3.8, 4) is 0 Å². The smallest absolute Gasteiger partial charge is 0.271 e. The third kappa shape index (κ3) is 4.05. The van der Waals surface area contributed by atoms with Gasteiger partial charge in [0.05, 0.1) is 5.39 Å². The standard InChI is InChI=1S/C21H24F3N5O2S/c1-11-10-16(21(22,23)24)26-28(11)12(2)18(30)27-29-13(3)25-19-17(20(29)31)14-8-6-4-5-7-9-15(14)32-19/h10,12H,4-9H2,1-3H3,(H,27,30)/t12-/m0/s1. The molecule has 0 unspecified atom stereocenters. The summed E-state index contributed by atoms with van der Waals surface area (Å²) in [5, 5.41) is 4.06. The van der Waals surface area contributed by atoms with Gasteiger partial charge in [-0.05, 0) is 58.1 Å². The molecular formula is C21H24F3N5O2S. The molecule has 0 aromatic carbocycles. The summed E-state index contributed by atoms with van der Waals surface area (Å²) < 4.78 is 41.0. The van der Waals surface area contributed by atoms with E-state index < -0.39 is 23.8 Å². The number of hydrogen-bond acceptors (Lipinski definition) is 5. The van der Waals surface area contributed by atoms with E-state index >= 15 is 0 Å². The molecule has 32 heavy (non-hydrogen) atoms. The molecule has 3 aromatic heterocycles. The second kappa shape index (κ2) is 8.34. The van der Waals surface area contributed by atoms with Crippen molar-refractivity contribution in [1.29, 1.82) is 0 Å². The number of halogens is 3. The van der Waals surface area contributed by atoms with Crippen LogP contribution in [-0.4, -0.2) is 25.3 Å². The van der Waals surface area contributed by atoms with E-state index in [2.05, 4.69) is 15.5 Å². The maximum Gasteiger partial charge on any atom is 0.435 e. The molecule has 1 amide bonds. The van der Waals surface area contributed by atoms with Crippen LogP contribution in [0.5, 0.6) is 0 Å². The van der Waals surface area contributed by atoms with E-state index in [9.17, 15) is 22.8 Å². The number of nitrogens with one attached hydrogen (secondary N) is 1. The highest BCUT2D eigenvalue weighted by atomic mass is 32.1. The van der Waals surface area contributed by atoms with Crippen LogP contribution in [0, 0.1) is 13.8 Å². The van der Waals surface area contributed by atoms with E-state index in [1.807, 2.05) is 0 Å². The second-order valence-corrected chi connectivity index (χ2v) is 9.25. The third-order valence-corrected chi connectivity index (χ3v) is 7.02. The zero-order valence-electron chi connectivity index (χ0n) is 18.0. The van der Waals surface area contributed by atoms with Crippen LogP contribution >= 0.6 is 11.3 Å². The van der Waals surface area contributed by atoms with Crippen molar-refractivity contribution in [3.63, 3.8) is 0 Å². The van der Waals surface area contributed by atoms with E-state index in [1.54, 1.807) is 6.92 Å². The summed E-state index contributed by atoms with van der Waals surface area (Å²) in [6.45, 7) is 4.49. The normalized spacial score (nSPS) is 15.8. The van der Waals surface area contributed by atoms with Crippen molar-refractivity contribution in [3.05, 3.63) is 44.1 Å². The Hall–Kier alpha value is -2.69. The first-order chi connectivity index (χ1) is 15.1. The maximum atomic E-state index is 13.3.